The maximum Gasteiger partial charge on any atom is 0.405 e. The number of hydrogen-bond donors (Lipinski definition) is 0. The van der Waals surface area contributed by atoms with E-state index in [4.69, 9.17) is 20.9 Å². The Morgan fingerprint density at radius 2 is 2.17 bits per heavy atom. The van der Waals surface area contributed by atoms with Crippen molar-refractivity contribution >= 4 is 17.6 Å². The monoisotopic (exact) mass is 331 g/mol. The highest BCUT2D eigenvalue weighted by Crippen LogP contribution is 2.20. The zero-order valence-corrected chi connectivity index (χ0v) is 12.4. The van der Waals surface area contributed by atoms with E-state index < -0.39 is 5.97 Å². The number of ether oxygens (including phenoxy) is 1. The van der Waals surface area contributed by atoms with Crippen LogP contribution in [-0.2, 0) is 11.3 Å². The zero-order valence-electron chi connectivity index (χ0n) is 11.7. The van der Waals surface area contributed by atoms with E-state index >= 15 is 0 Å². The topological polar surface area (TPSA) is 92.2 Å². The normalized spacial score (nSPS) is 10.5. The molecule has 7 nitrogen and oxygen atoms in total. The highest BCUT2D eigenvalue weighted by atomic mass is 35.5. The van der Waals surface area contributed by atoms with Crippen LogP contribution in [0.25, 0.3) is 11.4 Å². The van der Waals surface area contributed by atoms with Gasteiger partial charge in [-0.25, -0.2) is 4.79 Å². The number of esters is 1. The van der Waals surface area contributed by atoms with Crippen LogP contribution in [-0.4, -0.2) is 16.1 Å². The minimum absolute atomic E-state index is 0.113. The molecule has 0 aliphatic carbocycles. The number of aromatic nitrogens is 3. The molecule has 1 aromatic carbocycles. The first-order valence-corrected chi connectivity index (χ1v) is 6.95. The van der Waals surface area contributed by atoms with Gasteiger partial charge in [0.1, 0.15) is 0 Å². The molecule has 2 heterocycles. The molecule has 0 atom stereocenters. The summed E-state index contributed by atoms with van der Waals surface area (Å²) >= 11 is 5.90. The Morgan fingerprint density at radius 3 is 2.96 bits per heavy atom. The molecule has 23 heavy (non-hydrogen) atoms. The first-order valence-electron chi connectivity index (χ1n) is 6.57. The van der Waals surface area contributed by atoms with Gasteiger partial charge < -0.3 is 14.5 Å². The van der Waals surface area contributed by atoms with Gasteiger partial charge in [-0.2, -0.15) is 9.71 Å². The molecule has 0 fully saturated rings. The highest BCUT2D eigenvalue weighted by molar-refractivity contribution is 6.30. The summed E-state index contributed by atoms with van der Waals surface area (Å²) in [6.45, 7) is -0.235. The number of rotatable bonds is 4. The Morgan fingerprint density at radius 1 is 1.30 bits per heavy atom. The predicted octanol–water partition coefficient (Wildman–Crippen LogP) is 2.38. The minimum atomic E-state index is -0.775. The smallest absolute Gasteiger partial charge is 0.405 e. The van der Waals surface area contributed by atoms with Crippen molar-refractivity contribution in [1.82, 2.24) is 10.1 Å². The molecule has 0 amide bonds. The van der Waals surface area contributed by atoms with Gasteiger partial charge in [0.2, 0.25) is 5.82 Å². The van der Waals surface area contributed by atoms with Gasteiger partial charge in [0.05, 0.1) is 0 Å². The summed E-state index contributed by atoms with van der Waals surface area (Å²) < 4.78 is 10.4. The van der Waals surface area contributed by atoms with Gasteiger partial charge in [-0.3, -0.25) is 0 Å². The molecule has 0 saturated heterocycles. The molecule has 0 radical (unpaired) electrons. The van der Waals surface area contributed by atoms with Crippen molar-refractivity contribution in [2.45, 2.75) is 6.61 Å². The van der Waals surface area contributed by atoms with Gasteiger partial charge in [0, 0.05) is 22.7 Å². The van der Waals surface area contributed by atoms with E-state index in [-0.39, 0.29) is 18.2 Å². The van der Waals surface area contributed by atoms with Gasteiger partial charge in [-0.1, -0.05) is 28.9 Å². The lowest BCUT2D eigenvalue weighted by atomic mass is 10.2. The van der Waals surface area contributed by atoms with Crippen molar-refractivity contribution in [2.24, 2.45) is 0 Å². The number of carbonyl (C=O) groups is 1. The molecule has 8 heteroatoms. The molecule has 0 saturated carbocycles. The van der Waals surface area contributed by atoms with Crippen LogP contribution >= 0.6 is 11.6 Å². The average molecular weight is 332 g/mol. The molecule has 0 unspecified atom stereocenters. The number of benzene rings is 1. The lowest BCUT2D eigenvalue weighted by Gasteiger charge is -2.02. The summed E-state index contributed by atoms with van der Waals surface area (Å²) in [5.41, 5.74) is 0.557. The van der Waals surface area contributed by atoms with E-state index in [1.807, 2.05) is 0 Å². The van der Waals surface area contributed by atoms with Crippen molar-refractivity contribution in [1.29, 1.82) is 0 Å². The lowest BCUT2D eigenvalue weighted by molar-refractivity contribution is -0.608. The highest BCUT2D eigenvalue weighted by Gasteiger charge is 2.18. The fraction of sp³-hybridized carbons (Fsp3) is 0.0667. The molecule has 0 spiro atoms. The molecule has 116 valence electrons. The van der Waals surface area contributed by atoms with Crippen molar-refractivity contribution in [3.8, 4) is 11.4 Å². The summed E-state index contributed by atoms with van der Waals surface area (Å²) in [7, 11) is 0. The second kappa shape index (κ2) is 6.45. The summed E-state index contributed by atoms with van der Waals surface area (Å²) in [4.78, 5) is 15.9. The summed E-state index contributed by atoms with van der Waals surface area (Å²) in [5, 5.41) is 15.8. The van der Waals surface area contributed by atoms with Crippen molar-refractivity contribution in [3.05, 3.63) is 70.5 Å². The number of halogens is 1. The Labute approximate surface area is 135 Å². The molecule has 3 aromatic rings. The first-order chi connectivity index (χ1) is 11.1. The lowest BCUT2D eigenvalue weighted by Crippen LogP contribution is -2.34. The van der Waals surface area contributed by atoms with Crippen LogP contribution in [0.15, 0.2) is 53.2 Å². The first kappa shape index (κ1) is 15.0. The van der Waals surface area contributed by atoms with E-state index in [0.717, 1.165) is 0 Å². The maximum absolute atomic E-state index is 11.8. The molecule has 0 aliphatic heterocycles. The predicted molar refractivity (Wildman–Crippen MR) is 79.3 cm³/mol. The Balaban J connectivity index is 1.68. The van der Waals surface area contributed by atoms with Crippen LogP contribution in [0.5, 0.6) is 0 Å². The number of nitrogens with zero attached hydrogens (tertiary/aromatic N) is 3. The fourth-order valence-electron chi connectivity index (χ4n) is 1.85. The van der Waals surface area contributed by atoms with E-state index in [2.05, 4.69) is 10.1 Å². The van der Waals surface area contributed by atoms with Gasteiger partial charge >= 0.3 is 11.7 Å². The number of carbonyl (C=O) groups excluding carboxylic acids is 1. The second-order valence-electron chi connectivity index (χ2n) is 4.51. The third-order valence-corrected chi connectivity index (χ3v) is 3.15. The molecular formula is C15H10ClN3O4. The molecule has 0 bridgehead atoms. The minimum Gasteiger partial charge on any atom is -0.618 e. The molecule has 2 aromatic heterocycles. The third-order valence-electron chi connectivity index (χ3n) is 2.91. The molecular weight excluding hydrogens is 322 g/mol. The van der Waals surface area contributed by atoms with Gasteiger partial charge in [-0.15, -0.1) is 0 Å². The largest absolute Gasteiger partial charge is 0.618 e. The molecule has 3 rings (SSSR count). The zero-order chi connectivity index (χ0) is 16.2. The van der Waals surface area contributed by atoms with Crippen LogP contribution in [0.4, 0.5) is 0 Å². The second-order valence-corrected chi connectivity index (χ2v) is 4.95. The van der Waals surface area contributed by atoms with Crippen LogP contribution < -0.4 is 4.73 Å². The Bertz CT molecular complexity index is 850. The van der Waals surface area contributed by atoms with Crippen LogP contribution in [0.1, 0.15) is 16.4 Å². The van der Waals surface area contributed by atoms with Gasteiger partial charge in [0.25, 0.3) is 5.89 Å². The fourth-order valence-corrected chi connectivity index (χ4v) is 2.04. The standard InChI is InChI=1S/C15H10ClN3O4/c16-11-5-3-4-10(8-11)14-17-13(23-18-14)9-22-15(20)12-6-1-2-7-19(12)21/h1-8H,9H2. The molecule has 0 aliphatic rings. The summed E-state index contributed by atoms with van der Waals surface area (Å²) in [6.07, 6.45) is 1.21. The average Bonchev–Trinajstić information content (AvgIpc) is 3.02. The number of hydrogen-bond acceptors (Lipinski definition) is 6. The van der Waals surface area contributed by atoms with Gasteiger partial charge in [0.15, 0.2) is 12.8 Å². The number of pyridine rings is 1. The van der Waals surface area contributed by atoms with Crippen molar-refractivity contribution in [3.63, 3.8) is 0 Å². The summed E-state index contributed by atoms with van der Waals surface area (Å²) in [6, 6.07) is 11.4. The quantitative estimate of drug-likeness (QED) is 0.414. The summed E-state index contributed by atoms with van der Waals surface area (Å²) in [5.74, 6) is -0.332. The third kappa shape index (κ3) is 3.46. The molecule has 0 N–H and O–H groups in total. The van der Waals surface area contributed by atoms with Crippen molar-refractivity contribution < 1.29 is 18.8 Å². The SMILES string of the molecule is O=C(OCc1nc(-c2cccc(Cl)c2)no1)c1cccc[n+]1[O-]. The Kier molecular flexibility index (Phi) is 4.20. The van der Waals surface area contributed by atoms with Gasteiger partial charge in [-0.05, 0) is 18.2 Å². The van der Waals surface area contributed by atoms with Crippen molar-refractivity contribution in [2.75, 3.05) is 0 Å². The Hall–Kier alpha value is -2.93. The van der Waals surface area contributed by atoms with Crippen LogP contribution in [0.3, 0.4) is 0 Å². The van der Waals surface area contributed by atoms with Crippen LogP contribution in [0.2, 0.25) is 5.02 Å². The van der Waals surface area contributed by atoms with E-state index in [0.29, 0.717) is 21.1 Å². The van der Waals surface area contributed by atoms with Crippen LogP contribution in [0, 0.1) is 5.21 Å². The van der Waals surface area contributed by atoms with E-state index in [1.165, 1.54) is 18.3 Å². The van der Waals surface area contributed by atoms with E-state index in [9.17, 15) is 10.0 Å². The van der Waals surface area contributed by atoms with E-state index in [1.54, 1.807) is 30.3 Å². The maximum atomic E-state index is 11.8.